The maximum Gasteiger partial charge on any atom is 0.276 e. The molecule has 0 unspecified atom stereocenters. The Bertz CT molecular complexity index is 1130. The van der Waals surface area contributed by atoms with E-state index in [4.69, 9.17) is 4.84 Å². The Morgan fingerprint density at radius 2 is 1.52 bits per heavy atom. The number of anilines is 1. The molecule has 0 spiro atoms. The fraction of sp³-hybridized carbons (Fsp3) is 0.0769. The van der Waals surface area contributed by atoms with Crippen LogP contribution in [0.15, 0.2) is 103 Å². The van der Waals surface area contributed by atoms with E-state index >= 15 is 0 Å². The Kier molecular flexibility index (Phi) is 6.67. The molecule has 0 fully saturated rings. The van der Waals surface area contributed by atoms with Crippen LogP contribution in [0.1, 0.15) is 21.5 Å². The van der Waals surface area contributed by atoms with Crippen LogP contribution in [-0.4, -0.2) is 10.9 Å². The highest BCUT2D eigenvalue weighted by molar-refractivity contribution is 5.99. The third-order valence-electron chi connectivity index (χ3n) is 4.90. The first-order valence-corrected chi connectivity index (χ1v) is 10.1. The Balaban J connectivity index is 1.39. The van der Waals surface area contributed by atoms with Gasteiger partial charge in [-0.15, -0.1) is 0 Å². The summed E-state index contributed by atoms with van der Waals surface area (Å²) in [6.45, 7) is 0.863. The fourth-order valence-corrected chi connectivity index (χ4v) is 3.31. The zero-order valence-corrected chi connectivity index (χ0v) is 17.0. The van der Waals surface area contributed by atoms with Gasteiger partial charge in [-0.3, -0.25) is 14.6 Å². The van der Waals surface area contributed by atoms with Gasteiger partial charge in [-0.1, -0.05) is 66.7 Å². The van der Waals surface area contributed by atoms with Crippen molar-refractivity contribution in [3.8, 4) is 11.1 Å². The summed E-state index contributed by atoms with van der Waals surface area (Å²) in [4.78, 5) is 22.3. The number of amides is 1. The van der Waals surface area contributed by atoms with Gasteiger partial charge in [0.2, 0.25) is 0 Å². The largest absolute Gasteiger partial charge is 0.380 e. The fourth-order valence-electron chi connectivity index (χ4n) is 3.31. The van der Waals surface area contributed by atoms with Crippen molar-refractivity contribution in [3.63, 3.8) is 0 Å². The highest BCUT2D eigenvalue weighted by Crippen LogP contribution is 2.24. The molecule has 1 amide bonds. The summed E-state index contributed by atoms with van der Waals surface area (Å²) in [6, 6.07) is 29.4. The standard InChI is InChI=1S/C26H23N3O2/c30-26(24-12-6-7-13-25(24)28-18-20-14-16-27-17-15-20)29-31-19-22-10-4-5-11-23(22)21-8-2-1-3-9-21/h1-17,28H,18-19H2,(H,29,30). The quantitative estimate of drug-likeness (QED) is 0.392. The first-order chi connectivity index (χ1) is 15.3. The molecule has 0 atom stereocenters. The van der Waals surface area contributed by atoms with Gasteiger partial charge >= 0.3 is 0 Å². The van der Waals surface area contributed by atoms with E-state index in [-0.39, 0.29) is 12.5 Å². The molecular formula is C26H23N3O2. The summed E-state index contributed by atoms with van der Waals surface area (Å²) < 4.78 is 0. The van der Waals surface area contributed by atoms with Gasteiger partial charge in [0, 0.05) is 24.6 Å². The maximum atomic E-state index is 12.7. The van der Waals surface area contributed by atoms with E-state index in [1.807, 2.05) is 72.8 Å². The average molecular weight is 409 g/mol. The second-order valence-corrected chi connectivity index (χ2v) is 7.00. The first kappa shape index (κ1) is 20.3. The highest BCUT2D eigenvalue weighted by Gasteiger charge is 2.12. The second kappa shape index (κ2) is 10.2. The van der Waals surface area contributed by atoms with Crippen molar-refractivity contribution in [2.45, 2.75) is 13.2 Å². The SMILES string of the molecule is O=C(NOCc1ccccc1-c1ccccc1)c1ccccc1NCc1ccncc1. The van der Waals surface area contributed by atoms with Crippen molar-refractivity contribution < 1.29 is 9.63 Å². The van der Waals surface area contributed by atoms with Crippen molar-refractivity contribution in [1.29, 1.82) is 0 Å². The van der Waals surface area contributed by atoms with Crippen molar-refractivity contribution in [2.75, 3.05) is 5.32 Å². The van der Waals surface area contributed by atoms with E-state index in [1.165, 1.54) is 0 Å². The number of pyridine rings is 1. The number of hydroxylamine groups is 1. The molecular weight excluding hydrogens is 386 g/mol. The Labute approximate surface area is 181 Å². The number of hydrogen-bond acceptors (Lipinski definition) is 4. The van der Waals surface area contributed by atoms with Gasteiger partial charge in [0.15, 0.2) is 0 Å². The molecule has 5 heteroatoms. The van der Waals surface area contributed by atoms with Crippen molar-refractivity contribution in [1.82, 2.24) is 10.5 Å². The predicted molar refractivity (Wildman–Crippen MR) is 122 cm³/mol. The second-order valence-electron chi connectivity index (χ2n) is 7.00. The lowest BCUT2D eigenvalue weighted by atomic mass is 10.0. The molecule has 0 aliphatic carbocycles. The monoisotopic (exact) mass is 409 g/mol. The van der Waals surface area contributed by atoms with Gasteiger partial charge in [0.25, 0.3) is 5.91 Å². The Hall–Kier alpha value is -3.96. The normalized spacial score (nSPS) is 10.5. The smallest absolute Gasteiger partial charge is 0.276 e. The predicted octanol–water partition coefficient (Wildman–Crippen LogP) is 5.22. The number of carbonyl (C=O) groups is 1. The van der Waals surface area contributed by atoms with E-state index in [0.29, 0.717) is 12.1 Å². The van der Waals surface area contributed by atoms with Gasteiger partial charge in [-0.2, -0.15) is 0 Å². The third kappa shape index (κ3) is 5.35. The van der Waals surface area contributed by atoms with Crippen LogP contribution in [0.4, 0.5) is 5.69 Å². The van der Waals surface area contributed by atoms with E-state index in [0.717, 1.165) is 27.9 Å². The van der Waals surface area contributed by atoms with E-state index in [1.54, 1.807) is 18.5 Å². The number of para-hydroxylation sites is 1. The van der Waals surface area contributed by atoms with Crippen molar-refractivity contribution in [3.05, 3.63) is 120 Å². The van der Waals surface area contributed by atoms with Gasteiger partial charge in [-0.25, -0.2) is 5.48 Å². The molecule has 31 heavy (non-hydrogen) atoms. The topological polar surface area (TPSA) is 63.2 Å². The molecule has 1 aromatic heterocycles. The van der Waals surface area contributed by atoms with Crippen LogP contribution in [0.3, 0.4) is 0 Å². The van der Waals surface area contributed by atoms with Crippen LogP contribution in [0, 0.1) is 0 Å². The summed E-state index contributed by atoms with van der Waals surface area (Å²) >= 11 is 0. The molecule has 3 aromatic carbocycles. The lowest BCUT2D eigenvalue weighted by molar-refractivity contribution is 0.0235. The summed E-state index contributed by atoms with van der Waals surface area (Å²) in [5, 5.41) is 3.31. The average Bonchev–Trinajstić information content (AvgIpc) is 2.84. The van der Waals surface area contributed by atoms with Crippen molar-refractivity contribution >= 4 is 11.6 Å². The number of aromatic nitrogens is 1. The molecule has 4 rings (SSSR count). The highest BCUT2D eigenvalue weighted by atomic mass is 16.6. The Morgan fingerprint density at radius 3 is 2.35 bits per heavy atom. The number of benzene rings is 3. The molecule has 0 aliphatic heterocycles. The van der Waals surface area contributed by atoms with Gasteiger partial charge in [0.1, 0.15) is 6.61 Å². The summed E-state index contributed by atoms with van der Waals surface area (Å²) in [5.74, 6) is -0.296. The van der Waals surface area contributed by atoms with Crippen LogP contribution in [0.2, 0.25) is 0 Å². The zero-order valence-electron chi connectivity index (χ0n) is 17.0. The van der Waals surface area contributed by atoms with Crippen LogP contribution >= 0.6 is 0 Å². The van der Waals surface area contributed by atoms with Gasteiger partial charge in [-0.05, 0) is 46.5 Å². The number of nitrogens with zero attached hydrogens (tertiary/aromatic N) is 1. The minimum atomic E-state index is -0.296. The number of rotatable bonds is 8. The summed E-state index contributed by atoms with van der Waals surface area (Å²) in [7, 11) is 0. The lowest BCUT2D eigenvalue weighted by Crippen LogP contribution is -2.24. The molecule has 0 saturated heterocycles. The molecule has 0 saturated carbocycles. The van der Waals surface area contributed by atoms with Crippen LogP contribution in [0.5, 0.6) is 0 Å². The van der Waals surface area contributed by atoms with Crippen molar-refractivity contribution in [2.24, 2.45) is 0 Å². The molecule has 0 aliphatic rings. The van der Waals surface area contributed by atoms with E-state index in [9.17, 15) is 4.79 Å². The van der Waals surface area contributed by atoms with Gasteiger partial charge < -0.3 is 5.32 Å². The number of carbonyl (C=O) groups excluding carboxylic acids is 1. The number of hydrogen-bond donors (Lipinski definition) is 2. The molecule has 1 heterocycles. The van der Waals surface area contributed by atoms with Gasteiger partial charge in [0.05, 0.1) is 5.56 Å². The lowest BCUT2D eigenvalue weighted by Gasteiger charge is -2.13. The molecule has 154 valence electrons. The van der Waals surface area contributed by atoms with E-state index in [2.05, 4.69) is 27.9 Å². The third-order valence-corrected chi connectivity index (χ3v) is 4.90. The minimum Gasteiger partial charge on any atom is -0.380 e. The maximum absolute atomic E-state index is 12.7. The first-order valence-electron chi connectivity index (χ1n) is 10.1. The Morgan fingerprint density at radius 1 is 0.806 bits per heavy atom. The summed E-state index contributed by atoms with van der Waals surface area (Å²) in [6.07, 6.45) is 3.49. The molecule has 5 nitrogen and oxygen atoms in total. The zero-order chi connectivity index (χ0) is 21.3. The summed E-state index contributed by atoms with van der Waals surface area (Å²) in [5.41, 5.74) is 8.11. The molecule has 2 N–H and O–H groups in total. The molecule has 0 bridgehead atoms. The van der Waals surface area contributed by atoms with E-state index < -0.39 is 0 Å². The van der Waals surface area contributed by atoms with Crippen LogP contribution < -0.4 is 10.8 Å². The minimum absolute atomic E-state index is 0.267. The molecule has 4 aromatic rings. The van der Waals surface area contributed by atoms with Crippen LogP contribution in [0.25, 0.3) is 11.1 Å². The van der Waals surface area contributed by atoms with Crippen LogP contribution in [-0.2, 0) is 18.0 Å². The number of nitrogens with one attached hydrogen (secondary N) is 2. The molecule has 0 radical (unpaired) electrons.